The normalized spacial score (nSPS) is 21.6. The van der Waals surface area contributed by atoms with Crippen molar-refractivity contribution in [2.45, 2.75) is 63.8 Å². The number of ether oxygens (including phenoxy) is 1. The number of rotatable bonds is 4. The molecule has 2 N–H and O–H groups in total. The number of nitrogens with zero attached hydrogens (tertiary/aromatic N) is 4. The van der Waals surface area contributed by atoms with E-state index in [1.807, 2.05) is 0 Å². The molecule has 1 fully saturated rings. The molecule has 11 heteroatoms. The highest BCUT2D eigenvalue weighted by Gasteiger charge is 2.49. The smallest absolute Gasteiger partial charge is 0.423 e. The number of carbonyl (C=O) groups excluding carboxylic acids is 1. The fourth-order valence-corrected chi connectivity index (χ4v) is 4.76. The summed E-state index contributed by atoms with van der Waals surface area (Å²) < 4.78 is 46.8. The number of halogens is 3. The molecule has 2 aliphatic rings. The standard InChI is InChI=1S/C23H29F3N6O2/c1-21(2)10-14(11-22(3,4)32(21)6)28-18-15(24)12-27-20(30-18)29-13-7-8-16-17(9-13)34-23(25,26)19(33)31(16)5/h7-9,12,14H,10-11H2,1-6H3,(H2,27,28,29,30). The van der Waals surface area contributed by atoms with E-state index in [1.165, 1.54) is 19.2 Å². The van der Waals surface area contributed by atoms with Gasteiger partial charge in [0.2, 0.25) is 5.95 Å². The summed E-state index contributed by atoms with van der Waals surface area (Å²) in [6.45, 7) is 8.61. The fourth-order valence-electron chi connectivity index (χ4n) is 4.76. The van der Waals surface area contributed by atoms with Crippen LogP contribution in [0.5, 0.6) is 5.75 Å². The molecule has 4 rings (SSSR count). The van der Waals surface area contributed by atoms with Crippen LogP contribution in [0.2, 0.25) is 0 Å². The maximum atomic E-state index is 14.5. The van der Waals surface area contributed by atoms with Crippen molar-refractivity contribution in [3.05, 3.63) is 30.2 Å². The van der Waals surface area contributed by atoms with Crippen LogP contribution in [0.15, 0.2) is 24.4 Å². The van der Waals surface area contributed by atoms with Crippen LogP contribution in [0.3, 0.4) is 0 Å². The number of fused-ring (bicyclic) bond motifs is 1. The number of hydrogen-bond donors (Lipinski definition) is 2. The van der Waals surface area contributed by atoms with Gasteiger partial charge in [-0.15, -0.1) is 0 Å². The number of piperidine rings is 1. The number of nitrogens with one attached hydrogen (secondary N) is 2. The Morgan fingerprint density at radius 1 is 1.12 bits per heavy atom. The quantitative estimate of drug-likeness (QED) is 0.675. The molecule has 184 valence electrons. The summed E-state index contributed by atoms with van der Waals surface area (Å²) in [4.78, 5) is 23.1. The number of likely N-dealkylation sites (tertiary alicyclic amines) is 1. The van der Waals surface area contributed by atoms with Gasteiger partial charge in [0.25, 0.3) is 0 Å². The molecule has 0 saturated carbocycles. The average Bonchev–Trinajstić information content (AvgIpc) is 2.72. The van der Waals surface area contributed by atoms with E-state index in [4.69, 9.17) is 0 Å². The van der Waals surface area contributed by atoms with Gasteiger partial charge in [0.05, 0.1) is 11.9 Å². The topological polar surface area (TPSA) is 82.6 Å². The number of benzene rings is 1. The predicted molar refractivity (Wildman–Crippen MR) is 123 cm³/mol. The lowest BCUT2D eigenvalue weighted by molar-refractivity contribution is -0.192. The maximum Gasteiger partial charge on any atom is 0.482 e. The van der Waals surface area contributed by atoms with Gasteiger partial charge in [-0.05, 0) is 59.7 Å². The molecular weight excluding hydrogens is 449 g/mol. The summed E-state index contributed by atoms with van der Waals surface area (Å²) in [6.07, 6.45) is -1.32. The summed E-state index contributed by atoms with van der Waals surface area (Å²) >= 11 is 0. The van der Waals surface area contributed by atoms with Crippen LogP contribution in [-0.2, 0) is 4.79 Å². The molecular formula is C23H29F3N6O2. The Balaban J connectivity index is 1.54. The van der Waals surface area contributed by atoms with Gasteiger partial charge in [-0.1, -0.05) is 0 Å². The molecule has 0 atom stereocenters. The van der Waals surface area contributed by atoms with Crippen molar-refractivity contribution in [3.8, 4) is 5.75 Å². The first-order valence-electron chi connectivity index (χ1n) is 11.0. The van der Waals surface area contributed by atoms with E-state index in [9.17, 15) is 18.0 Å². The Hall–Kier alpha value is -3.08. The highest BCUT2D eigenvalue weighted by Crippen LogP contribution is 2.41. The molecule has 1 aromatic heterocycles. The first-order valence-corrected chi connectivity index (χ1v) is 11.0. The number of alkyl halides is 2. The van der Waals surface area contributed by atoms with E-state index < -0.39 is 17.8 Å². The van der Waals surface area contributed by atoms with Gasteiger partial charge in [-0.25, -0.2) is 9.37 Å². The number of anilines is 4. The van der Waals surface area contributed by atoms with Gasteiger partial charge in [0.1, 0.15) is 0 Å². The summed E-state index contributed by atoms with van der Waals surface area (Å²) in [6, 6.07) is 4.34. The highest BCUT2D eigenvalue weighted by atomic mass is 19.3. The second kappa shape index (κ2) is 8.00. The Bertz CT molecular complexity index is 1110. The Labute approximate surface area is 196 Å². The molecule has 0 radical (unpaired) electrons. The summed E-state index contributed by atoms with van der Waals surface area (Å²) in [5.41, 5.74) is 0.362. The zero-order chi connectivity index (χ0) is 25.1. The number of amides is 1. The van der Waals surface area contributed by atoms with Crippen molar-refractivity contribution < 1.29 is 22.7 Å². The summed E-state index contributed by atoms with van der Waals surface area (Å²) in [7, 11) is 3.34. The largest absolute Gasteiger partial charge is 0.482 e. The van der Waals surface area contributed by atoms with Crippen molar-refractivity contribution in [3.63, 3.8) is 0 Å². The fraction of sp³-hybridized carbons (Fsp3) is 0.522. The molecule has 3 heterocycles. The van der Waals surface area contributed by atoms with E-state index in [0.717, 1.165) is 23.9 Å². The molecule has 1 saturated heterocycles. The third-order valence-corrected chi connectivity index (χ3v) is 6.76. The van der Waals surface area contributed by atoms with E-state index in [1.54, 1.807) is 6.07 Å². The van der Waals surface area contributed by atoms with E-state index in [0.29, 0.717) is 5.69 Å². The van der Waals surface area contributed by atoms with Gasteiger partial charge >= 0.3 is 12.0 Å². The Morgan fingerprint density at radius 3 is 2.41 bits per heavy atom. The second-order valence-corrected chi connectivity index (χ2v) is 10.1. The number of aromatic nitrogens is 2. The van der Waals surface area contributed by atoms with Crippen molar-refractivity contribution in [1.82, 2.24) is 14.9 Å². The third kappa shape index (κ3) is 4.36. The molecule has 2 aromatic rings. The van der Waals surface area contributed by atoms with Crippen LogP contribution < -0.4 is 20.3 Å². The molecule has 0 bridgehead atoms. The average molecular weight is 479 g/mol. The molecule has 0 spiro atoms. The molecule has 2 aliphatic heterocycles. The number of hydrogen-bond acceptors (Lipinski definition) is 7. The SMILES string of the molecule is CN1C(=O)C(F)(F)Oc2cc(Nc3ncc(F)c(NC4CC(C)(C)N(C)C(C)(C)C4)n3)ccc21. The van der Waals surface area contributed by atoms with E-state index in [-0.39, 0.29) is 40.3 Å². The molecule has 34 heavy (non-hydrogen) atoms. The minimum absolute atomic E-state index is 0.00843. The van der Waals surface area contributed by atoms with Gasteiger partial charge in [0, 0.05) is 35.9 Å². The van der Waals surface area contributed by atoms with Gasteiger partial charge < -0.3 is 20.3 Å². The zero-order valence-corrected chi connectivity index (χ0v) is 20.0. The van der Waals surface area contributed by atoms with Gasteiger partial charge in [-0.3, -0.25) is 9.69 Å². The van der Waals surface area contributed by atoms with Crippen LogP contribution in [0, 0.1) is 5.82 Å². The van der Waals surface area contributed by atoms with Gasteiger partial charge in [0.15, 0.2) is 17.4 Å². The minimum atomic E-state index is -3.96. The van der Waals surface area contributed by atoms with Crippen LogP contribution in [0.1, 0.15) is 40.5 Å². The van der Waals surface area contributed by atoms with Crippen LogP contribution in [0.4, 0.5) is 36.3 Å². The Morgan fingerprint density at radius 2 is 1.76 bits per heavy atom. The lowest BCUT2D eigenvalue weighted by atomic mass is 9.77. The lowest BCUT2D eigenvalue weighted by Crippen LogP contribution is -2.61. The Kier molecular flexibility index (Phi) is 5.66. The minimum Gasteiger partial charge on any atom is -0.423 e. The molecule has 1 amide bonds. The van der Waals surface area contributed by atoms with E-state index >= 15 is 0 Å². The second-order valence-electron chi connectivity index (χ2n) is 10.1. The first kappa shape index (κ1) is 24.1. The monoisotopic (exact) mass is 478 g/mol. The van der Waals surface area contributed by atoms with E-state index in [2.05, 4.69) is 65.0 Å². The zero-order valence-electron chi connectivity index (χ0n) is 20.0. The predicted octanol–water partition coefficient (Wildman–Crippen LogP) is 4.37. The molecule has 0 unspecified atom stereocenters. The molecule has 0 aliphatic carbocycles. The third-order valence-electron chi connectivity index (χ3n) is 6.76. The summed E-state index contributed by atoms with van der Waals surface area (Å²) in [5.74, 6) is -2.06. The van der Waals surface area contributed by atoms with Crippen molar-refractivity contribution >= 4 is 29.0 Å². The number of carbonyl (C=O) groups is 1. The highest BCUT2D eigenvalue weighted by molar-refractivity contribution is 6.00. The molecule has 1 aromatic carbocycles. The number of likely N-dealkylation sites (N-methyl/N-ethyl adjacent to an activating group) is 1. The maximum absolute atomic E-state index is 14.5. The summed E-state index contributed by atoms with van der Waals surface area (Å²) in [5, 5.41) is 6.10. The van der Waals surface area contributed by atoms with Crippen LogP contribution in [-0.4, -0.2) is 58.1 Å². The van der Waals surface area contributed by atoms with Gasteiger partial charge in [-0.2, -0.15) is 13.8 Å². The molecule has 8 nitrogen and oxygen atoms in total. The van der Waals surface area contributed by atoms with Crippen molar-refractivity contribution in [1.29, 1.82) is 0 Å². The van der Waals surface area contributed by atoms with Crippen LogP contribution >= 0.6 is 0 Å². The van der Waals surface area contributed by atoms with Crippen molar-refractivity contribution in [2.75, 3.05) is 29.6 Å². The lowest BCUT2D eigenvalue weighted by Gasteiger charge is -2.53. The van der Waals surface area contributed by atoms with Crippen molar-refractivity contribution in [2.24, 2.45) is 0 Å². The van der Waals surface area contributed by atoms with Crippen LogP contribution in [0.25, 0.3) is 0 Å². The first-order chi connectivity index (χ1) is 15.7.